The topological polar surface area (TPSA) is 47.6 Å². The van der Waals surface area contributed by atoms with Crippen LogP contribution < -0.4 is 14.8 Å². The summed E-state index contributed by atoms with van der Waals surface area (Å²) in [5.41, 5.74) is 0.737. The third-order valence-corrected chi connectivity index (χ3v) is 3.64. The van der Waals surface area contributed by atoms with Crippen molar-refractivity contribution in [1.29, 1.82) is 0 Å². The molecule has 0 saturated carbocycles. The molecule has 1 amide bonds. The molecule has 0 bridgehead atoms. The first-order valence-corrected chi connectivity index (χ1v) is 7.52. The zero-order chi connectivity index (χ0) is 15.4. The largest absolute Gasteiger partial charge is 0.486 e. The summed E-state index contributed by atoms with van der Waals surface area (Å²) in [6.45, 7) is 0.464. The Morgan fingerprint density at radius 2 is 1.86 bits per heavy atom. The maximum atomic E-state index is 11.9. The lowest BCUT2D eigenvalue weighted by Crippen LogP contribution is -2.30. The molecule has 5 heteroatoms. The number of ether oxygens (including phenoxy) is 2. The summed E-state index contributed by atoms with van der Waals surface area (Å²) in [6.07, 6.45) is 0.873. The third kappa shape index (κ3) is 3.71. The fourth-order valence-electron chi connectivity index (χ4n) is 2.25. The fraction of sp³-hybridized carbons (Fsp3) is 0.235. The predicted molar refractivity (Wildman–Crippen MR) is 85.7 cm³/mol. The number of halogens is 1. The third-order valence-electron chi connectivity index (χ3n) is 3.39. The van der Waals surface area contributed by atoms with Crippen molar-refractivity contribution < 1.29 is 14.3 Å². The smallest absolute Gasteiger partial charge is 0.224 e. The van der Waals surface area contributed by atoms with Crippen molar-refractivity contribution in [2.75, 3.05) is 11.9 Å². The van der Waals surface area contributed by atoms with Gasteiger partial charge in [-0.1, -0.05) is 23.7 Å². The maximum Gasteiger partial charge on any atom is 0.224 e. The molecule has 1 N–H and O–H groups in total. The second-order valence-corrected chi connectivity index (χ2v) is 5.53. The summed E-state index contributed by atoms with van der Waals surface area (Å²) in [6, 6.07) is 14.6. The monoisotopic (exact) mass is 317 g/mol. The van der Waals surface area contributed by atoms with E-state index in [4.69, 9.17) is 21.1 Å². The van der Waals surface area contributed by atoms with Crippen molar-refractivity contribution >= 4 is 23.2 Å². The van der Waals surface area contributed by atoms with E-state index in [-0.39, 0.29) is 12.0 Å². The summed E-state index contributed by atoms with van der Waals surface area (Å²) in [5.74, 6) is 1.44. The molecule has 4 nitrogen and oxygen atoms in total. The second kappa shape index (κ2) is 6.71. The van der Waals surface area contributed by atoms with Crippen LogP contribution in [0.25, 0.3) is 0 Å². The Balaban J connectivity index is 1.49. The molecule has 0 aromatic heterocycles. The minimum absolute atomic E-state index is 0.0511. The van der Waals surface area contributed by atoms with Crippen LogP contribution in [0.4, 0.5) is 5.69 Å². The maximum absolute atomic E-state index is 11.9. The van der Waals surface area contributed by atoms with Gasteiger partial charge in [0.05, 0.1) is 0 Å². The number of amides is 1. The van der Waals surface area contributed by atoms with Crippen LogP contribution in [0.2, 0.25) is 5.02 Å². The highest BCUT2D eigenvalue weighted by molar-refractivity contribution is 6.30. The number of carbonyl (C=O) groups excluding carboxylic acids is 1. The standard InChI is InChI=1S/C17H16ClNO3/c18-12-5-7-13(8-6-12)19-17(20)10-9-14-11-21-15-3-1-2-4-16(15)22-14/h1-8,14H,9-11H2,(H,19,20)/t14-/m0/s1. The lowest BCUT2D eigenvalue weighted by atomic mass is 10.1. The van der Waals surface area contributed by atoms with Crippen LogP contribution in [0.15, 0.2) is 48.5 Å². The van der Waals surface area contributed by atoms with E-state index in [1.54, 1.807) is 24.3 Å². The number of nitrogens with one attached hydrogen (secondary N) is 1. The number of hydrogen-bond acceptors (Lipinski definition) is 3. The van der Waals surface area contributed by atoms with Crippen LogP contribution >= 0.6 is 11.6 Å². The van der Waals surface area contributed by atoms with Gasteiger partial charge in [-0.15, -0.1) is 0 Å². The fourth-order valence-corrected chi connectivity index (χ4v) is 2.38. The minimum atomic E-state index is -0.106. The Bertz CT molecular complexity index is 657. The number of rotatable bonds is 4. The van der Waals surface area contributed by atoms with E-state index < -0.39 is 0 Å². The SMILES string of the molecule is O=C(CC[C@H]1COc2ccccc2O1)Nc1ccc(Cl)cc1. The van der Waals surface area contributed by atoms with Crippen LogP contribution in [0.1, 0.15) is 12.8 Å². The number of fused-ring (bicyclic) bond motifs is 1. The van der Waals surface area contributed by atoms with Gasteiger partial charge in [0.2, 0.25) is 5.91 Å². The molecule has 0 saturated heterocycles. The predicted octanol–water partition coefficient (Wildman–Crippen LogP) is 3.90. The lowest BCUT2D eigenvalue weighted by molar-refractivity contribution is -0.116. The van der Waals surface area contributed by atoms with Gasteiger partial charge in [-0.05, 0) is 42.8 Å². The van der Waals surface area contributed by atoms with Crippen LogP contribution in [0, 0.1) is 0 Å². The molecular formula is C17H16ClNO3. The summed E-state index contributed by atoms with van der Waals surface area (Å²) in [7, 11) is 0. The Hall–Kier alpha value is -2.20. The molecule has 1 aliphatic heterocycles. The minimum Gasteiger partial charge on any atom is -0.486 e. The molecule has 1 atom stereocenters. The molecule has 0 radical (unpaired) electrons. The first-order chi connectivity index (χ1) is 10.7. The van der Waals surface area contributed by atoms with Crippen molar-refractivity contribution in [3.05, 3.63) is 53.6 Å². The van der Waals surface area contributed by atoms with E-state index in [1.807, 2.05) is 24.3 Å². The van der Waals surface area contributed by atoms with Gasteiger partial charge in [0.25, 0.3) is 0 Å². The molecule has 2 aromatic carbocycles. The summed E-state index contributed by atoms with van der Waals surface area (Å²) < 4.78 is 11.5. The second-order valence-electron chi connectivity index (χ2n) is 5.09. The van der Waals surface area contributed by atoms with Gasteiger partial charge in [-0.3, -0.25) is 4.79 Å². The molecule has 22 heavy (non-hydrogen) atoms. The number of anilines is 1. The molecule has 0 fully saturated rings. The Morgan fingerprint density at radius 3 is 2.64 bits per heavy atom. The molecule has 1 aliphatic rings. The van der Waals surface area contributed by atoms with E-state index in [9.17, 15) is 4.79 Å². The zero-order valence-corrected chi connectivity index (χ0v) is 12.7. The number of para-hydroxylation sites is 2. The summed E-state index contributed by atoms with van der Waals surface area (Å²) in [5, 5.41) is 3.48. The van der Waals surface area contributed by atoms with Gasteiger partial charge < -0.3 is 14.8 Å². The highest BCUT2D eigenvalue weighted by Gasteiger charge is 2.21. The molecule has 114 valence electrons. The molecule has 1 heterocycles. The summed E-state index contributed by atoms with van der Waals surface area (Å²) >= 11 is 5.81. The lowest BCUT2D eigenvalue weighted by Gasteiger charge is -2.26. The van der Waals surface area contributed by atoms with Gasteiger partial charge in [-0.2, -0.15) is 0 Å². The van der Waals surface area contributed by atoms with Crippen LogP contribution in [0.3, 0.4) is 0 Å². The van der Waals surface area contributed by atoms with Gasteiger partial charge in [-0.25, -0.2) is 0 Å². The van der Waals surface area contributed by atoms with Gasteiger partial charge in [0.1, 0.15) is 12.7 Å². The highest BCUT2D eigenvalue weighted by atomic mass is 35.5. The zero-order valence-electron chi connectivity index (χ0n) is 11.9. The average molecular weight is 318 g/mol. The highest BCUT2D eigenvalue weighted by Crippen LogP contribution is 2.31. The Kier molecular flexibility index (Phi) is 4.49. The molecular weight excluding hydrogens is 302 g/mol. The molecule has 0 spiro atoms. The Labute approximate surface area is 134 Å². The first-order valence-electron chi connectivity index (χ1n) is 7.14. The van der Waals surface area contributed by atoms with E-state index in [0.29, 0.717) is 24.5 Å². The van der Waals surface area contributed by atoms with Crippen molar-refractivity contribution in [1.82, 2.24) is 0 Å². The molecule has 0 unspecified atom stereocenters. The molecule has 0 aliphatic carbocycles. The molecule has 2 aromatic rings. The number of hydrogen-bond donors (Lipinski definition) is 1. The number of carbonyl (C=O) groups is 1. The van der Waals surface area contributed by atoms with Crippen LogP contribution in [-0.2, 0) is 4.79 Å². The van der Waals surface area contributed by atoms with E-state index >= 15 is 0 Å². The van der Waals surface area contributed by atoms with E-state index in [2.05, 4.69) is 5.32 Å². The number of benzene rings is 2. The normalized spacial score (nSPS) is 16.1. The van der Waals surface area contributed by atoms with Crippen molar-refractivity contribution in [3.8, 4) is 11.5 Å². The average Bonchev–Trinajstić information content (AvgIpc) is 2.55. The summed E-state index contributed by atoms with van der Waals surface area (Å²) in [4.78, 5) is 11.9. The quantitative estimate of drug-likeness (QED) is 0.930. The van der Waals surface area contributed by atoms with Crippen molar-refractivity contribution in [2.45, 2.75) is 18.9 Å². The van der Waals surface area contributed by atoms with Crippen LogP contribution in [0.5, 0.6) is 11.5 Å². The first kappa shape index (κ1) is 14.7. The van der Waals surface area contributed by atoms with Crippen molar-refractivity contribution in [3.63, 3.8) is 0 Å². The van der Waals surface area contributed by atoms with Gasteiger partial charge in [0.15, 0.2) is 11.5 Å². The van der Waals surface area contributed by atoms with E-state index in [1.165, 1.54) is 0 Å². The van der Waals surface area contributed by atoms with Gasteiger partial charge in [0, 0.05) is 17.1 Å². The van der Waals surface area contributed by atoms with E-state index in [0.717, 1.165) is 17.2 Å². The Morgan fingerprint density at radius 1 is 1.14 bits per heavy atom. The van der Waals surface area contributed by atoms with Crippen molar-refractivity contribution in [2.24, 2.45) is 0 Å². The molecule has 3 rings (SSSR count). The van der Waals surface area contributed by atoms with Crippen LogP contribution in [-0.4, -0.2) is 18.6 Å². The van der Waals surface area contributed by atoms with Gasteiger partial charge >= 0.3 is 0 Å².